The van der Waals surface area contributed by atoms with Crippen LogP contribution in [0.1, 0.15) is 31.9 Å². The molecule has 0 bridgehead atoms. The predicted molar refractivity (Wildman–Crippen MR) is 86.2 cm³/mol. The van der Waals surface area contributed by atoms with Crippen molar-refractivity contribution in [3.8, 4) is 0 Å². The molecule has 0 unspecified atom stereocenters. The van der Waals surface area contributed by atoms with Gasteiger partial charge in [0, 0.05) is 38.5 Å². The third kappa shape index (κ3) is 4.53. The Kier molecular flexibility index (Phi) is 5.41. The molecule has 0 spiro atoms. The molecule has 1 fully saturated rings. The SMILES string of the molecule is CC(C)C[C@@H](c1ccc(S(C)(=O)=O)cc1)N1CCNCC1. The number of hydrogen-bond donors (Lipinski definition) is 1. The van der Waals surface area contributed by atoms with E-state index in [0.717, 1.165) is 32.6 Å². The number of sulfone groups is 1. The highest BCUT2D eigenvalue weighted by Crippen LogP contribution is 2.28. The minimum absolute atomic E-state index is 0.376. The minimum atomic E-state index is -3.12. The fourth-order valence-electron chi connectivity index (χ4n) is 2.87. The number of benzene rings is 1. The lowest BCUT2D eigenvalue weighted by molar-refractivity contribution is 0.154. The molecule has 1 N–H and O–H groups in total. The molecule has 0 saturated carbocycles. The van der Waals surface area contributed by atoms with Gasteiger partial charge in [0.05, 0.1) is 4.90 Å². The van der Waals surface area contributed by atoms with Gasteiger partial charge in [-0.05, 0) is 30.0 Å². The van der Waals surface area contributed by atoms with Crippen molar-refractivity contribution in [1.29, 1.82) is 0 Å². The van der Waals surface area contributed by atoms with E-state index in [1.165, 1.54) is 11.8 Å². The van der Waals surface area contributed by atoms with Crippen LogP contribution in [-0.4, -0.2) is 45.8 Å². The van der Waals surface area contributed by atoms with Crippen LogP contribution < -0.4 is 5.32 Å². The topological polar surface area (TPSA) is 49.4 Å². The van der Waals surface area contributed by atoms with Gasteiger partial charge < -0.3 is 5.32 Å². The summed E-state index contributed by atoms with van der Waals surface area (Å²) >= 11 is 0. The van der Waals surface area contributed by atoms with Gasteiger partial charge in [0.25, 0.3) is 0 Å². The maximum Gasteiger partial charge on any atom is 0.175 e. The molecule has 21 heavy (non-hydrogen) atoms. The van der Waals surface area contributed by atoms with Crippen molar-refractivity contribution in [3.63, 3.8) is 0 Å². The lowest BCUT2D eigenvalue weighted by atomic mass is 9.95. The van der Waals surface area contributed by atoms with Crippen LogP contribution in [-0.2, 0) is 9.84 Å². The quantitative estimate of drug-likeness (QED) is 0.905. The van der Waals surface area contributed by atoms with Crippen molar-refractivity contribution in [2.24, 2.45) is 5.92 Å². The summed E-state index contributed by atoms with van der Waals surface area (Å²) in [6.07, 6.45) is 2.35. The molecular weight excluding hydrogens is 284 g/mol. The van der Waals surface area contributed by atoms with Gasteiger partial charge in [-0.2, -0.15) is 0 Å². The van der Waals surface area contributed by atoms with E-state index in [2.05, 4.69) is 24.1 Å². The molecule has 1 aliphatic rings. The van der Waals surface area contributed by atoms with E-state index in [1.807, 2.05) is 12.1 Å². The second-order valence-electron chi connectivity index (χ2n) is 6.27. The smallest absolute Gasteiger partial charge is 0.175 e. The van der Waals surface area contributed by atoms with E-state index in [4.69, 9.17) is 0 Å². The minimum Gasteiger partial charge on any atom is -0.314 e. The van der Waals surface area contributed by atoms with Gasteiger partial charge >= 0.3 is 0 Å². The molecule has 1 aromatic carbocycles. The van der Waals surface area contributed by atoms with Crippen LogP contribution in [0.3, 0.4) is 0 Å². The fraction of sp³-hybridized carbons (Fsp3) is 0.625. The van der Waals surface area contributed by atoms with Gasteiger partial charge in [-0.3, -0.25) is 4.90 Å². The Morgan fingerprint density at radius 1 is 1.14 bits per heavy atom. The van der Waals surface area contributed by atoms with Crippen molar-refractivity contribution < 1.29 is 8.42 Å². The molecule has 1 saturated heterocycles. The molecule has 0 amide bonds. The molecule has 1 atom stereocenters. The summed E-state index contributed by atoms with van der Waals surface area (Å²) in [6, 6.07) is 7.80. The summed E-state index contributed by atoms with van der Waals surface area (Å²) in [5.74, 6) is 0.611. The largest absolute Gasteiger partial charge is 0.314 e. The Labute approximate surface area is 128 Å². The lowest BCUT2D eigenvalue weighted by Gasteiger charge is -2.36. The highest BCUT2D eigenvalue weighted by molar-refractivity contribution is 7.90. The van der Waals surface area contributed by atoms with Crippen LogP contribution in [0.5, 0.6) is 0 Å². The average Bonchev–Trinajstić information content (AvgIpc) is 2.45. The molecule has 0 aromatic heterocycles. The summed E-state index contributed by atoms with van der Waals surface area (Å²) in [6.45, 7) is 8.61. The molecule has 1 aliphatic heterocycles. The third-order valence-electron chi connectivity index (χ3n) is 3.98. The summed E-state index contributed by atoms with van der Waals surface area (Å²) in [7, 11) is -3.12. The average molecular weight is 310 g/mol. The van der Waals surface area contributed by atoms with Crippen molar-refractivity contribution in [2.45, 2.75) is 31.2 Å². The molecule has 0 aliphatic carbocycles. The number of nitrogens with one attached hydrogen (secondary N) is 1. The van der Waals surface area contributed by atoms with Gasteiger partial charge in [-0.25, -0.2) is 8.42 Å². The Morgan fingerprint density at radius 2 is 1.71 bits per heavy atom. The summed E-state index contributed by atoms with van der Waals surface area (Å²) in [4.78, 5) is 2.90. The van der Waals surface area contributed by atoms with Crippen LogP contribution >= 0.6 is 0 Å². The van der Waals surface area contributed by atoms with E-state index < -0.39 is 9.84 Å². The first-order valence-electron chi connectivity index (χ1n) is 7.62. The molecule has 118 valence electrons. The van der Waals surface area contributed by atoms with Gasteiger partial charge in [-0.1, -0.05) is 26.0 Å². The Balaban J connectivity index is 2.23. The first-order valence-corrected chi connectivity index (χ1v) is 9.52. The normalized spacial score (nSPS) is 18.9. The Hall–Kier alpha value is -0.910. The molecule has 5 heteroatoms. The maximum absolute atomic E-state index is 11.6. The van der Waals surface area contributed by atoms with Gasteiger partial charge in [0.2, 0.25) is 0 Å². The van der Waals surface area contributed by atoms with Crippen LogP contribution in [0, 0.1) is 5.92 Å². The van der Waals surface area contributed by atoms with Crippen LogP contribution in [0.15, 0.2) is 29.2 Å². The van der Waals surface area contributed by atoms with E-state index in [9.17, 15) is 8.42 Å². The number of piperazine rings is 1. The van der Waals surface area contributed by atoms with E-state index in [-0.39, 0.29) is 0 Å². The number of hydrogen-bond acceptors (Lipinski definition) is 4. The van der Waals surface area contributed by atoms with Crippen molar-refractivity contribution >= 4 is 9.84 Å². The van der Waals surface area contributed by atoms with E-state index in [0.29, 0.717) is 16.9 Å². The molecule has 1 heterocycles. The summed E-state index contributed by atoms with van der Waals surface area (Å²) in [5.41, 5.74) is 1.22. The summed E-state index contributed by atoms with van der Waals surface area (Å²) < 4.78 is 23.1. The van der Waals surface area contributed by atoms with Crippen LogP contribution in [0.4, 0.5) is 0 Å². The maximum atomic E-state index is 11.6. The van der Waals surface area contributed by atoms with Crippen LogP contribution in [0.2, 0.25) is 0 Å². The zero-order valence-corrected chi connectivity index (χ0v) is 14.0. The standard InChI is InChI=1S/C16H26N2O2S/c1-13(2)12-16(18-10-8-17-9-11-18)14-4-6-15(7-5-14)21(3,19)20/h4-7,13,16-17H,8-12H2,1-3H3/t16-/m0/s1. The Morgan fingerprint density at radius 3 is 2.19 bits per heavy atom. The second kappa shape index (κ2) is 6.90. The first-order chi connectivity index (χ1) is 9.88. The highest BCUT2D eigenvalue weighted by Gasteiger charge is 2.23. The fourth-order valence-corrected chi connectivity index (χ4v) is 3.50. The molecule has 0 radical (unpaired) electrons. The van der Waals surface area contributed by atoms with E-state index >= 15 is 0 Å². The zero-order chi connectivity index (χ0) is 15.5. The van der Waals surface area contributed by atoms with Gasteiger partial charge in [-0.15, -0.1) is 0 Å². The van der Waals surface area contributed by atoms with E-state index in [1.54, 1.807) is 12.1 Å². The van der Waals surface area contributed by atoms with Gasteiger partial charge in [0.15, 0.2) is 9.84 Å². The number of nitrogens with zero attached hydrogens (tertiary/aromatic N) is 1. The first kappa shape index (κ1) is 16.5. The second-order valence-corrected chi connectivity index (χ2v) is 8.29. The highest BCUT2D eigenvalue weighted by atomic mass is 32.2. The van der Waals surface area contributed by atoms with Crippen molar-refractivity contribution in [3.05, 3.63) is 29.8 Å². The lowest BCUT2D eigenvalue weighted by Crippen LogP contribution is -2.45. The Bertz CT molecular complexity index is 546. The monoisotopic (exact) mass is 310 g/mol. The molecular formula is C16H26N2O2S. The molecule has 4 nitrogen and oxygen atoms in total. The molecule has 1 aromatic rings. The van der Waals surface area contributed by atoms with Gasteiger partial charge in [0.1, 0.15) is 0 Å². The zero-order valence-electron chi connectivity index (χ0n) is 13.2. The molecule has 2 rings (SSSR count). The predicted octanol–water partition coefficient (Wildman–Crippen LogP) is 2.08. The van der Waals surface area contributed by atoms with Crippen molar-refractivity contribution in [1.82, 2.24) is 10.2 Å². The third-order valence-corrected chi connectivity index (χ3v) is 5.11. The number of rotatable bonds is 5. The van der Waals surface area contributed by atoms with Crippen molar-refractivity contribution in [2.75, 3.05) is 32.4 Å². The van der Waals surface area contributed by atoms with Crippen LogP contribution in [0.25, 0.3) is 0 Å². The summed E-state index contributed by atoms with van der Waals surface area (Å²) in [5, 5.41) is 3.38.